The van der Waals surface area contributed by atoms with Crippen molar-refractivity contribution >= 4 is 11.8 Å². The second-order valence-electron chi connectivity index (χ2n) is 7.21. The lowest BCUT2D eigenvalue weighted by Crippen LogP contribution is -2.56. The van der Waals surface area contributed by atoms with Gasteiger partial charge >= 0.3 is 0 Å². The number of nitrogens with one attached hydrogen (secondary N) is 1. The number of rotatable bonds is 3. The maximum Gasteiger partial charge on any atom is 0.243 e. The molecule has 3 N–H and O–H groups in total. The van der Waals surface area contributed by atoms with Crippen LogP contribution in [0.3, 0.4) is 0 Å². The number of nitrogens with two attached hydrogens (primary N) is 1. The summed E-state index contributed by atoms with van der Waals surface area (Å²) in [6.45, 7) is 0. The van der Waals surface area contributed by atoms with E-state index in [0.29, 0.717) is 12.8 Å². The molecule has 116 valence electrons. The zero-order valence-corrected chi connectivity index (χ0v) is 12.7. The average Bonchev–Trinajstić information content (AvgIpc) is 2.86. The van der Waals surface area contributed by atoms with Gasteiger partial charge in [0.05, 0.1) is 0 Å². The fraction of sp³-hybridized carbons (Fsp3) is 0.556. The Labute approximate surface area is 130 Å². The number of amides is 2. The second kappa shape index (κ2) is 4.58. The molecule has 3 aliphatic rings. The molecule has 2 saturated carbocycles. The first-order valence-electron chi connectivity index (χ1n) is 8.28. The van der Waals surface area contributed by atoms with Crippen molar-refractivity contribution in [3.05, 3.63) is 35.4 Å². The highest BCUT2D eigenvalue weighted by atomic mass is 16.2. The minimum absolute atomic E-state index is 0.00738. The average molecular weight is 298 g/mol. The molecule has 0 aromatic heterocycles. The highest BCUT2D eigenvalue weighted by molar-refractivity contribution is 5.93. The summed E-state index contributed by atoms with van der Waals surface area (Å²) in [5, 5.41) is 3.02. The normalized spacial score (nSPS) is 31.0. The first-order chi connectivity index (χ1) is 10.6. The molecule has 4 heteroatoms. The first kappa shape index (κ1) is 13.8. The fourth-order valence-electron chi connectivity index (χ4n) is 4.67. The van der Waals surface area contributed by atoms with Gasteiger partial charge in [0.2, 0.25) is 11.8 Å². The van der Waals surface area contributed by atoms with E-state index in [1.165, 1.54) is 11.1 Å². The van der Waals surface area contributed by atoms with Crippen LogP contribution in [0.5, 0.6) is 0 Å². The molecule has 2 atom stereocenters. The van der Waals surface area contributed by atoms with E-state index >= 15 is 0 Å². The van der Waals surface area contributed by atoms with Crippen molar-refractivity contribution in [2.75, 3.05) is 0 Å². The summed E-state index contributed by atoms with van der Waals surface area (Å²) in [7, 11) is 0. The molecule has 0 unspecified atom stereocenters. The van der Waals surface area contributed by atoms with Crippen LogP contribution in [0, 0.1) is 5.92 Å². The van der Waals surface area contributed by atoms with E-state index in [4.69, 9.17) is 5.73 Å². The number of benzene rings is 1. The van der Waals surface area contributed by atoms with Crippen molar-refractivity contribution < 1.29 is 9.59 Å². The van der Waals surface area contributed by atoms with Gasteiger partial charge in [-0.1, -0.05) is 37.1 Å². The summed E-state index contributed by atoms with van der Waals surface area (Å²) < 4.78 is 0. The van der Waals surface area contributed by atoms with E-state index in [1.807, 2.05) is 0 Å². The molecular formula is C18H22N2O2. The van der Waals surface area contributed by atoms with Crippen LogP contribution in [0.4, 0.5) is 0 Å². The third kappa shape index (κ3) is 1.82. The zero-order valence-electron chi connectivity index (χ0n) is 12.7. The van der Waals surface area contributed by atoms with Gasteiger partial charge in [-0.15, -0.1) is 0 Å². The van der Waals surface area contributed by atoms with Gasteiger partial charge in [0.15, 0.2) is 0 Å². The molecule has 4 rings (SSSR count). The highest BCUT2D eigenvalue weighted by Crippen LogP contribution is 2.61. The lowest BCUT2D eigenvalue weighted by molar-refractivity contribution is -0.132. The summed E-state index contributed by atoms with van der Waals surface area (Å²) in [5.74, 6) is -0.342. The number of carbonyl (C=O) groups is 2. The Kier molecular flexibility index (Phi) is 2.87. The Morgan fingerprint density at radius 3 is 2.59 bits per heavy atom. The number of aryl methyl sites for hydroxylation is 1. The fourth-order valence-corrected chi connectivity index (χ4v) is 4.67. The lowest BCUT2D eigenvalue weighted by Gasteiger charge is -2.27. The zero-order chi connectivity index (χ0) is 15.4. The molecule has 0 bridgehead atoms. The predicted octanol–water partition coefficient (Wildman–Crippen LogP) is 1.80. The van der Waals surface area contributed by atoms with E-state index in [-0.39, 0.29) is 23.1 Å². The van der Waals surface area contributed by atoms with Crippen molar-refractivity contribution in [1.29, 1.82) is 0 Å². The van der Waals surface area contributed by atoms with Crippen LogP contribution in [-0.4, -0.2) is 17.4 Å². The number of hydrogen-bond acceptors (Lipinski definition) is 2. The molecule has 0 saturated heterocycles. The molecule has 4 nitrogen and oxygen atoms in total. The van der Waals surface area contributed by atoms with Gasteiger partial charge in [-0.3, -0.25) is 9.59 Å². The molecule has 0 heterocycles. The molecule has 0 aliphatic heterocycles. The molecule has 1 aromatic carbocycles. The summed E-state index contributed by atoms with van der Waals surface area (Å²) in [6, 6.07) is 8.45. The molecular weight excluding hydrogens is 276 g/mol. The monoisotopic (exact) mass is 298 g/mol. The van der Waals surface area contributed by atoms with Crippen LogP contribution in [0.15, 0.2) is 24.3 Å². The van der Waals surface area contributed by atoms with Gasteiger partial charge in [0.25, 0.3) is 0 Å². The van der Waals surface area contributed by atoms with Gasteiger partial charge in [-0.05, 0) is 43.2 Å². The molecule has 3 aliphatic carbocycles. The second-order valence-corrected chi connectivity index (χ2v) is 7.21. The van der Waals surface area contributed by atoms with E-state index in [1.54, 1.807) is 0 Å². The van der Waals surface area contributed by atoms with E-state index in [0.717, 1.165) is 32.1 Å². The Morgan fingerprint density at radius 1 is 1.14 bits per heavy atom. The van der Waals surface area contributed by atoms with Crippen LogP contribution in [0.25, 0.3) is 0 Å². The maximum atomic E-state index is 12.7. The van der Waals surface area contributed by atoms with Gasteiger partial charge in [-0.2, -0.15) is 0 Å². The van der Waals surface area contributed by atoms with Crippen molar-refractivity contribution in [3.8, 4) is 0 Å². The van der Waals surface area contributed by atoms with E-state index < -0.39 is 5.54 Å². The smallest absolute Gasteiger partial charge is 0.243 e. The Bertz CT molecular complexity index is 648. The number of fused-ring (bicyclic) bond motifs is 2. The maximum absolute atomic E-state index is 12.7. The van der Waals surface area contributed by atoms with Gasteiger partial charge in [0, 0.05) is 11.3 Å². The lowest BCUT2D eigenvalue weighted by atomic mass is 9.93. The van der Waals surface area contributed by atoms with Crippen molar-refractivity contribution in [2.24, 2.45) is 11.7 Å². The van der Waals surface area contributed by atoms with E-state index in [2.05, 4.69) is 29.6 Å². The van der Waals surface area contributed by atoms with Crippen LogP contribution in [0.2, 0.25) is 0 Å². The highest BCUT2D eigenvalue weighted by Gasteiger charge is 2.62. The van der Waals surface area contributed by atoms with Crippen LogP contribution < -0.4 is 11.1 Å². The third-order valence-corrected chi connectivity index (χ3v) is 6.08. The number of hydrogen-bond donors (Lipinski definition) is 2. The van der Waals surface area contributed by atoms with Gasteiger partial charge in [-0.25, -0.2) is 0 Å². The molecule has 1 spiro atoms. The standard InChI is InChI=1S/C18H22N2O2/c19-16(22)18(8-3-4-9-18)20-15(21)14-11-17(14)10-7-12-5-1-2-6-13(12)17/h1-2,5-6,14H,3-4,7-11H2,(H2,19,22)(H,20,21)/t14-,17-/m0/s1. The Morgan fingerprint density at radius 2 is 1.86 bits per heavy atom. The van der Waals surface area contributed by atoms with Crippen molar-refractivity contribution in [3.63, 3.8) is 0 Å². The minimum Gasteiger partial charge on any atom is -0.368 e. The Hall–Kier alpha value is -1.84. The predicted molar refractivity (Wildman–Crippen MR) is 83.1 cm³/mol. The van der Waals surface area contributed by atoms with Crippen LogP contribution in [0.1, 0.15) is 49.7 Å². The number of carbonyl (C=O) groups excluding carboxylic acids is 2. The van der Waals surface area contributed by atoms with Crippen molar-refractivity contribution in [1.82, 2.24) is 5.32 Å². The largest absolute Gasteiger partial charge is 0.368 e. The molecule has 22 heavy (non-hydrogen) atoms. The summed E-state index contributed by atoms with van der Waals surface area (Å²) in [5.41, 5.74) is 7.52. The van der Waals surface area contributed by atoms with Gasteiger partial charge in [0.1, 0.15) is 5.54 Å². The number of primary amides is 1. The SMILES string of the molecule is NC(=O)C1(NC(=O)[C@@H]2C[C@]23CCc2ccccc23)CCCC1. The van der Waals surface area contributed by atoms with E-state index in [9.17, 15) is 9.59 Å². The molecule has 0 radical (unpaired) electrons. The molecule has 2 amide bonds. The first-order valence-corrected chi connectivity index (χ1v) is 8.28. The molecule has 2 fully saturated rings. The quantitative estimate of drug-likeness (QED) is 0.893. The minimum atomic E-state index is -0.793. The van der Waals surface area contributed by atoms with Gasteiger partial charge < -0.3 is 11.1 Å². The molecule has 1 aromatic rings. The summed E-state index contributed by atoms with van der Waals surface area (Å²) >= 11 is 0. The third-order valence-electron chi connectivity index (χ3n) is 6.08. The van der Waals surface area contributed by atoms with Crippen LogP contribution in [-0.2, 0) is 21.4 Å². The topological polar surface area (TPSA) is 72.2 Å². The summed E-state index contributed by atoms with van der Waals surface area (Å²) in [6.07, 6.45) is 6.30. The van der Waals surface area contributed by atoms with Crippen molar-refractivity contribution in [2.45, 2.75) is 55.9 Å². The van der Waals surface area contributed by atoms with Crippen LogP contribution >= 0.6 is 0 Å². The Balaban J connectivity index is 1.53. The summed E-state index contributed by atoms with van der Waals surface area (Å²) in [4.78, 5) is 24.5.